The summed E-state index contributed by atoms with van der Waals surface area (Å²) in [6.45, 7) is 4.18. The van der Waals surface area contributed by atoms with Crippen LogP contribution >= 0.6 is 22.6 Å². The molecule has 0 N–H and O–H groups in total. The minimum atomic E-state index is -3.06. The van der Waals surface area contributed by atoms with E-state index in [-0.39, 0.29) is 18.3 Å². The van der Waals surface area contributed by atoms with E-state index in [9.17, 15) is 8.78 Å². The Morgan fingerprint density at radius 1 is 1.23 bits per heavy atom. The maximum Gasteiger partial charge on any atom is 0.338 e. The van der Waals surface area contributed by atoms with Crippen LogP contribution in [-0.2, 0) is 15.2 Å². The quantitative estimate of drug-likeness (QED) is 0.371. The molecule has 0 aliphatic carbocycles. The van der Waals surface area contributed by atoms with Gasteiger partial charge in [-0.3, -0.25) is 4.98 Å². The smallest absolute Gasteiger partial charge is 0.338 e. The van der Waals surface area contributed by atoms with Crippen molar-refractivity contribution in [2.75, 3.05) is 36.5 Å². The van der Waals surface area contributed by atoms with Crippen LogP contribution in [0.5, 0.6) is 0 Å². The molecule has 0 amide bonds. The molecule has 30 heavy (non-hydrogen) atoms. The zero-order valence-electron chi connectivity index (χ0n) is 16.6. The summed E-state index contributed by atoms with van der Waals surface area (Å²) in [5.74, 6) is 1.19. The maximum absolute atomic E-state index is 14.0. The van der Waals surface area contributed by atoms with E-state index in [1.807, 2.05) is 31.0 Å². The topological polar surface area (TPSA) is 67.3 Å². The highest BCUT2D eigenvalue weighted by molar-refractivity contribution is 14.1. The maximum atomic E-state index is 14.0. The lowest BCUT2D eigenvalue weighted by Gasteiger charge is -2.32. The number of fused-ring (bicyclic) bond motifs is 1. The summed E-state index contributed by atoms with van der Waals surface area (Å²) in [6.07, 6.45) is 3.14. The van der Waals surface area contributed by atoms with Crippen molar-refractivity contribution in [3.8, 4) is 0 Å². The summed E-state index contributed by atoms with van der Waals surface area (Å²) in [4.78, 5) is 21.6. The van der Waals surface area contributed by atoms with Crippen LogP contribution in [-0.4, -0.2) is 52.8 Å². The van der Waals surface area contributed by atoms with E-state index in [0.29, 0.717) is 42.7 Å². The van der Waals surface area contributed by atoms with Crippen molar-refractivity contribution in [1.82, 2.24) is 19.9 Å². The number of rotatable bonds is 5. The highest BCUT2D eigenvalue weighted by atomic mass is 127. The standard InChI is InChI=1S/C20H21F2IN6O/c1-13-11-29(9-10-30-13)19-26-17-15(6-4-8-25-17)18(27-19)28(2)12-14-5-3-7-24-16(14)20(21,22)23/h3-8,13H,9-12H2,1-2H3. The van der Waals surface area contributed by atoms with Gasteiger partial charge >= 0.3 is 3.93 Å². The normalized spacial score (nSPS) is 17.4. The molecule has 0 saturated carbocycles. The predicted octanol–water partition coefficient (Wildman–Crippen LogP) is 3.77. The molecule has 0 radical (unpaired) electrons. The van der Waals surface area contributed by atoms with E-state index < -0.39 is 3.93 Å². The van der Waals surface area contributed by atoms with E-state index >= 15 is 0 Å². The lowest BCUT2D eigenvalue weighted by molar-refractivity contribution is 0.0526. The van der Waals surface area contributed by atoms with Crippen molar-refractivity contribution in [2.45, 2.75) is 23.5 Å². The van der Waals surface area contributed by atoms with Gasteiger partial charge in [-0.15, -0.1) is 0 Å². The monoisotopic (exact) mass is 526 g/mol. The second-order valence-electron chi connectivity index (χ2n) is 7.21. The van der Waals surface area contributed by atoms with Crippen molar-refractivity contribution < 1.29 is 13.5 Å². The van der Waals surface area contributed by atoms with Crippen LogP contribution in [0.25, 0.3) is 11.0 Å². The molecule has 1 aliphatic rings. The summed E-state index contributed by atoms with van der Waals surface area (Å²) < 4.78 is 30.6. The first kappa shape index (κ1) is 21.0. The average Bonchev–Trinajstić information content (AvgIpc) is 2.72. The number of nitrogens with zero attached hydrogens (tertiary/aromatic N) is 6. The van der Waals surface area contributed by atoms with Gasteiger partial charge in [0.25, 0.3) is 0 Å². The molecule has 0 aromatic carbocycles. The fourth-order valence-electron chi connectivity index (χ4n) is 3.52. The van der Waals surface area contributed by atoms with Gasteiger partial charge in [0.15, 0.2) is 5.65 Å². The summed E-state index contributed by atoms with van der Waals surface area (Å²) in [5.41, 5.74) is 0.766. The first-order valence-electron chi connectivity index (χ1n) is 9.54. The highest BCUT2D eigenvalue weighted by Gasteiger charge is 2.32. The third-order valence-electron chi connectivity index (χ3n) is 4.89. The minimum absolute atomic E-state index is 0.0757. The van der Waals surface area contributed by atoms with Crippen LogP contribution in [0.4, 0.5) is 20.5 Å². The number of pyridine rings is 2. The number of halogens is 3. The zero-order chi connectivity index (χ0) is 21.3. The molecular formula is C20H21F2IN6O. The Bertz CT molecular complexity index is 1050. The Kier molecular flexibility index (Phi) is 5.96. The van der Waals surface area contributed by atoms with Crippen molar-refractivity contribution in [3.63, 3.8) is 0 Å². The van der Waals surface area contributed by atoms with Gasteiger partial charge in [-0.2, -0.15) is 18.7 Å². The third-order valence-corrected chi connectivity index (χ3v) is 5.40. The van der Waals surface area contributed by atoms with Crippen LogP contribution < -0.4 is 9.80 Å². The summed E-state index contributed by atoms with van der Waals surface area (Å²) in [7, 11) is 1.82. The van der Waals surface area contributed by atoms with Gasteiger partial charge in [-0.05, 0) is 25.1 Å². The molecule has 4 rings (SSSR count). The van der Waals surface area contributed by atoms with Crippen molar-refractivity contribution >= 4 is 45.4 Å². The Hall–Kier alpha value is -2.21. The van der Waals surface area contributed by atoms with Gasteiger partial charge in [0.2, 0.25) is 5.95 Å². The Morgan fingerprint density at radius 2 is 2.00 bits per heavy atom. The van der Waals surface area contributed by atoms with Gasteiger partial charge in [0, 0.05) is 67.2 Å². The fraction of sp³-hybridized carbons (Fsp3) is 0.400. The molecule has 10 heteroatoms. The number of hydrogen-bond acceptors (Lipinski definition) is 7. The van der Waals surface area contributed by atoms with Crippen molar-refractivity contribution in [3.05, 3.63) is 47.9 Å². The van der Waals surface area contributed by atoms with Crippen LogP contribution in [0.3, 0.4) is 0 Å². The van der Waals surface area contributed by atoms with Crippen LogP contribution in [0.2, 0.25) is 0 Å². The molecule has 1 aliphatic heterocycles. The fourth-order valence-corrected chi connectivity index (χ4v) is 4.01. The highest BCUT2D eigenvalue weighted by Crippen LogP contribution is 2.36. The van der Waals surface area contributed by atoms with Crippen molar-refractivity contribution in [2.24, 2.45) is 0 Å². The molecule has 1 atom stereocenters. The lowest BCUT2D eigenvalue weighted by Crippen LogP contribution is -2.42. The molecule has 7 nitrogen and oxygen atoms in total. The molecule has 3 aromatic rings. The summed E-state index contributed by atoms with van der Waals surface area (Å²) in [5, 5.41) is 0.761. The van der Waals surface area contributed by atoms with Crippen molar-refractivity contribution in [1.29, 1.82) is 0 Å². The Morgan fingerprint density at radius 3 is 2.77 bits per heavy atom. The molecule has 4 heterocycles. The molecule has 158 valence electrons. The number of alkyl halides is 3. The average molecular weight is 526 g/mol. The van der Waals surface area contributed by atoms with Gasteiger partial charge in [0.1, 0.15) is 11.5 Å². The van der Waals surface area contributed by atoms with E-state index in [0.717, 1.165) is 28.0 Å². The number of anilines is 2. The van der Waals surface area contributed by atoms with Crippen LogP contribution in [0.1, 0.15) is 18.2 Å². The molecular weight excluding hydrogens is 505 g/mol. The molecule has 1 saturated heterocycles. The van der Waals surface area contributed by atoms with E-state index in [1.165, 1.54) is 6.20 Å². The van der Waals surface area contributed by atoms with Crippen LogP contribution in [0.15, 0.2) is 36.7 Å². The summed E-state index contributed by atoms with van der Waals surface area (Å²) in [6, 6.07) is 7.03. The summed E-state index contributed by atoms with van der Waals surface area (Å²) >= 11 is 1.11. The van der Waals surface area contributed by atoms with Gasteiger partial charge in [-0.25, -0.2) is 4.98 Å². The SMILES string of the molecule is CC1CN(c2nc(N(C)Cc3cccnc3C(F)(F)I)c3cccnc3n2)CCO1. The van der Waals surface area contributed by atoms with Gasteiger partial charge in [-0.1, -0.05) is 6.07 Å². The number of ether oxygens (including phenoxy) is 1. The number of aromatic nitrogens is 4. The Labute approximate surface area is 186 Å². The van der Waals surface area contributed by atoms with Crippen LogP contribution in [0, 0.1) is 0 Å². The Balaban J connectivity index is 1.73. The number of morpholine rings is 1. The van der Waals surface area contributed by atoms with Gasteiger partial charge in [0.05, 0.1) is 18.1 Å². The lowest BCUT2D eigenvalue weighted by atomic mass is 10.2. The van der Waals surface area contributed by atoms with Gasteiger partial charge < -0.3 is 14.5 Å². The van der Waals surface area contributed by atoms with E-state index in [4.69, 9.17) is 9.72 Å². The minimum Gasteiger partial charge on any atom is -0.375 e. The molecule has 0 bridgehead atoms. The third kappa shape index (κ3) is 4.43. The first-order chi connectivity index (χ1) is 14.3. The second kappa shape index (κ2) is 8.50. The molecule has 1 fully saturated rings. The molecule has 1 unspecified atom stereocenters. The first-order valence-corrected chi connectivity index (χ1v) is 10.6. The van der Waals surface area contributed by atoms with E-state index in [1.54, 1.807) is 18.3 Å². The molecule has 0 spiro atoms. The number of hydrogen-bond donors (Lipinski definition) is 0. The van der Waals surface area contributed by atoms with E-state index in [2.05, 4.69) is 19.9 Å². The zero-order valence-corrected chi connectivity index (χ0v) is 18.8. The second-order valence-corrected chi connectivity index (χ2v) is 8.57. The largest absolute Gasteiger partial charge is 0.375 e. The predicted molar refractivity (Wildman–Crippen MR) is 119 cm³/mol. The molecule has 3 aromatic heterocycles.